The fraction of sp³-hybridized carbons (Fsp3) is 0.0769. The van der Waals surface area contributed by atoms with Gasteiger partial charge in [0.25, 0.3) is 0 Å². The van der Waals surface area contributed by atoms with Crippen LogP contribution < -0.4 is 5.73 Å². The molecule has 3 N–H and O–H groups in total. The molecule has 2 heterocycles. The summed E-state index contributed by atoms with van der Waals surface area (Å²) >= 11 is 5.05. The van der Waals surface area contributed by atoms with Gasteiger partial charge in [-0.05, 0) is 24.6 Å². The molecule has 0 amide bonds. The van der Waals surface area contributed by atoms with Crippen molar-refractivity contribution in [3.05, 3.63) is 39.9 Å². The Kier molecular flexibility index (Phi) is 3.12. The number of rotatable bonds is 2. The first-order chi connectivity index (χ1) is 9.15. The van der Waals surface area contributed by atoms with Crippen LogP contribution in [0.15, 0.2) is 34.9 Å². The largest absolute Gasteiger partial charge is 0.382 e. The average molecular weight is 335 g/mol. The van der Waals surface area contributed by atoms with E-state index < -0.39 is 0 Å². The van der Waals surface area contributed by atoms with Crippen molar-refractivity contribution in [3.8, 4) is 21.7 Å². The third kappa shape index (κ3) is 2.29. The maximum Gasteiger partial charge on any atom is 0.153 e. The Labute approximate surface area is 122 Å². The van der Waals surface area contributed by atoms with Crippen molar-refractivity contribution in [2.45, 2.75) is 6.92 Å². The normalized spacial score (nSPS) is 10.8. The predicted molar refractivity (Wildman–Crippen MR) is 82.0 cm³/mol. The molecule has 0 aliphatic heterocycles. The first kappa shape index (κ1) is 12.4. The highest BCUT2D eigenvalue weighted by atomic mass is 79.9. The Morgan fingerprint density at radius 3 is 2.63 bits per heavy atom. The molecule has 0 saturated carbocycles. The summed E-state index contributed by atoms with van der Waals surface area (Å²) in [5.41, 5.74) is 8.87. The number of H-pyrrole nitrogens is 1. The zero-order valence-corrected chi connectivity index (χ0v) is 12.5. The zero-order valence-electron chi connectivity index (χ0n) is 10.1. The first-order valence-corrected chi connectivity index (χ1v) is 7.28. The number of nitrogens with one attached hydrogen (secondary N) is 1. The standard InChI is InChI=1S/C13H11BrN4S/c1-7-16-6-10(19-7)12-11(13(15)18-17-12)8-2-4-9(14)5-3-8/h2-6H,1H3,(H3,15,17,18). The van der Waals surface area contributed by atoms with Crippen LogP contribution in [0.3, 0.4) is 0 Å². The van der Waals surface area contributed by atoms with Gasteiger partial charge in [-0.25, -0.2) is 4.98 Å². The molecule has 0 aliphatic carbocycles. The summed E-state index contributed by atoms with van der Waals surface area (Å²) in [6.45, 7) is 1.98. The molecular weight excluding hydrogens is 324 g/mol. The second-order valence-electron chi connectivity index (χ2n) is 4.11. The van der Waals surface area contributed by atoms with Gasteiger partial charge in [-0.3, -0.25) is 5.10 Å². The van der Waals surface area contributed by atoms with Crippen LogP contribution in [0.5, 0.6) is 0 Å². The molecule has 19 heavy (non-hydrogen) atoms. The van der Waals surface area contributed by atoms with Gasteiger partial charge < -0.3 is 5.73 Å². The van der Waals surface area contributed by atoms with Crippen LogP contribution in [-0.4, -0.2) is 15.2 Å². The SMILES string of the molecule is Cc1ncc(-c2[nH]nc(N)c2-c2ccc(Br)cc2)s1. The quantitative estimate of drug-likeness (QED) is 0.747. The van der Waals surface area contributed by atoms with Crippen molar-refractivity contribution in [3.63, 3.8) is 0 Å². The Morgan fingerprint density at radius 2 is 2.00 bits per heavy atom. The molecule has 3 rings (SSSR count). The summed E-state index contributed by atoms with van der Waals surface area (Å²) in [4.78, 5) is 5.31. The van der Waals surface area contributed by atoms with Crippen molar-refractivity contribution in [1.29, 1.82) is 0 Å². The lowest BCUT2D eigenvalue weighted by molar-refractivity contribution is 1.10. The zero-order chi connectivity index (χ0) is 13.4. The number of halogens is 1. The third-order valence-corrected chi connectivity index (χ3v) is 4.25. The molecule has 4 nitrogen and oxygen atoms in total. The first-order valence-electron chi connectivity index (χ1n) is 5.67. The minimum absolute atomic E-state index is 0.503. The number of nitrogen functional groups attached to an aromatic ring is 1. The Hall–Kier alpha value is -1.66. The Balaban J connectivity index is 2.16. The summed E-state index contributed by atoms with van der Waals surface area (Å²) in [6.07, 6.45) is 1.84. The van der Waals surface area contributed by atoms with Crippen LogP contribution in [0.4, 0.5) is 5.82 Å². The van der Waals surface area contributed by atoms with Crippen molar-refractivity contribution in [2.24, 2.45) is 0 Å². The lowest BCUT2D eigenvalue weighted by Crippen LogP contribution is -1.88. The molecule has 0 unspecified atom stereocenters. The molecule has 0 saturated heterocycles. The third-order valence-electron chi connectivity index (χ3n) is 2.79. The Morgan fingerprint density at radius 1 is 1.26 bits per heavy atom. The number of hydrogen-bond acceptors (Lipinski definition) is 4. The van der Waals surface area contributed by atoms with Gasteiger partial charge in [0.05, 0.1) is 21.1 Å². The van der Waals surface area contributed by atoms with Gasteiger partial charge in [0, 0.05) is 10.7 Å². The summed E-state index contributed by atoms with van der Waals surface area (Å²) in [5, 5.41) is 8.14. The van der Waals surface area contributed by atoms with E-state index in [1.165, 1.54) is 0 Å². The number of benzene rings is 1. The van der Waals surface area contributed by atoms with E-state index in [-0.39, 0.29) is 0 Å². The van der Waals surface area contributed by atoms with Gasteiger partial charge >= 0.3 is 0 Å². The summed E-state index contributed by atoms with van der Waals surface area (Å²) in [6, 6.07) is 8.01. The molecule has 0 fully saturated rings. The number of nitrogens with zero attached hydrogens (tertiary/aromatic N) is 2. The topological polar surface area (TPSA) is 67.6 Å². The number of anilines is 1. The molecule has 2 aromatic heterocycles. The summed E-state index contributed by atoms with van der Waals surface area (Å²) in [5.74, 6) is 0.503. The maximum absolute atomic E-state index is 5.99. The highest BCUT2D eigenvalue weighted by Crippen LogP contribution is 2.37. The van der Waals surface area contributed by atoms with E-state index in [0.29, 0.717) is 5.82 Å². The van der Waals surface area contributed by atoms with Gasteiger partial charge in [0.1, 0.15) is 0 Å². The van der Waals surface area contributed by atoms with E-state index in [2.05, 4.69) is 31.1 Å². The van der Waals surface area contributed by atoms with Crippen molar-refractivity contribution in [1.82, 2.24) is 15.2 Å². The van der Waals surface area contributed by atoms with Crippen LogP contribution >= 0.6 is 27.3 Å². The van der Waals surface area contributed by atoms with Crippen molar-refractivity contribution >= 4 is 33.1 Å². The molecule has 0 radical (unpaired) electrons. The summed E-state index contributed by atoms with van der Waals surface area (Å²) < 4.78 is 1.04. The number of hydrogen-bond donors (Lipinski definition) is 2. The fourth-order valence-electron chi connectivity index (χ4n) is 1.92. The average Bonchev–Trinajstić information content (AvgIpc) is 2.97. The number of aromatic nitrogens is 3. The molecule has 0 spiro atoms. The highest BCUT2D eigenvalue weighted by Gasteiger charge is 2.16. The van der Waals surface area contributed by atoms with E-state index in [0.717, 1.165) is 31.2 Å². The molecule has 0 bridgehead atoms. The smallest absolute Gasteiger partial charge is 0.153 e. The van der Waals surface area contributed by atoms with Crippen LogP contribution in [0.1, 0.15) is 5.01 Å². The number of aromatic amines is 1. The molecular formula is C13H11BrN4S. The highest BCUT2D eigenvalue weighted by molar-refractivity contribution is 9.10. The van der Waals surface area contributed by atoms with Gasteiger partial charge in [-0.1, -0.05) is 28.1 Å². The maximum atomic E-state index is 5.99. The lowest BCUT2D eigenvalue weighted by atomic mass is 10.1. The second-order valence-corrected chi connectivity index (χ2v) is 6.26. The summed E-state index contributed by atoms with van der Waals surface area (Å²) in [7, 11) is 0. The lowest BCUT2D eigenvalue weighted by Gasteiger charge is -2.02. The monoisotopic (exact) mass is 334 g/mol. The van der Waals surface area contributed by atoms with Crippen LogP contribution in [-0.2, 0) is 0 Å². The van der Waals surface area contributed by atoms with Crippen LogP contribution in [0, 0.1) is 6.92 Å². The molecule has 3 aromatic rings. The van der Waals surface area contributed by atoms with Gasteiger partial charge in [-0.2, -0.15) is 5.10 Å². The van der Waals surface area contributed by atoms with Crippen LogP contribution in [0.25, 0.3) is 21.7 Å². The molecule has 6 heteroatoms. The van der Waals surface area contributed by atoms with Gasteiger partial charge in [0.2, 0.25) is 0 Å². The number of nitrogens with two attached hydrogens (primary N) is 1. The predicted octanol–water partition coefficient (Wildman–Crippen LogP) is 3.85. The molecule has 0 aliphatic rings. The fourth-order valence-corrected chi connectivity index (χ4v) is 2.96. The van der Waals surface area contributed by atoms with E-state index in [9.17, 15) is 0 Å². The number of thiazole rings is 1. The number of aryl methyl sites for hydroxylation is 1. The van der Waals surface area contributed by atoms with E-state index >= 15 is 0 Å². The van der Waals surface area contributed by atoms with E-state index in [1.807, 2.05) is 37.4 Å². The van der Waals surface area contributed by atoms with Crippen molar-refractivity contribution in [2.75, 3.05) is 5.73 Å². The molecule has 1 aromatic carbocycles. The van der Waals surface area contributed by atoms with Gasteiger partial charge in [0.15, 0.2) is 5.82 Å². The minimum atomic E-state index is 0.503. The van der Waals surface area contributed by atoms with E-state index in [4.69, 9.17) is 5.73 Å². The van der Waals surface area contributed by atoms with Crippen LogP contribution in [0.2, 0.25) is 0 Å². The minimum Gasteiger partial charge on any atom is -0.382 e. The second kappa shape index (κ2) is 4.79. The van der Waals surface area contributed by atoms with Crippen molar-refractivity contribution < 1.29 is 0 Å². The molecule has 96 valence electrons. The molecule has 0 atom stereocenters. The van der Waals surface area contributed by atoms with Gasteiger partial charge in [-0.15, -0.1) is 11.3 Å². The van der Waals surface area contributed by atoms with E-state index in [1.54, 1.807) is 11.3 Å². The Bertz CT molecular complexity index is 715.